The van der Waals surface area contributed by atoms with Crippen LogP contribution < -0.4 is 4.74 Å². The summed E-state index contributed by atoms with van der Waals surface area (Å²) in [5.74, 6) is -3.33. The highest BCUT2D eigenvalue weighted by Crippen LogP contribution is 2.30. The summed E-state index contributed by atoms with van der Waals surface area (Å²) in [4.78, 5) is 0. The molecule has 0 aliphatic heterocycles. The van der Waals surface area contributed by atoms with Crippen LogP contribution in [-0.4, -0.2) is 6.36 Å². The van der Waals surface area contributed by atoms with Crippen LogP contribution >= 0.6 is 0 Å². The van der Waals surface area contributed by atoms with Gasteiger partial charge in [-0.2, -0.15) is 0 Å². The fraction of sp³-hybridized carbons (Fsp3) is 0.250. The van der Waals surface area contributed by atoms with E-state index in [4.69, 9.17) is 0 Å². The van der Waals surface area contributed by atoms with Crippen molar-refractivity contribution in [3.05, 3.63) is 29.3 Å². The van der Waals surface area contributed by atoms with E-state index >= 15 is 0 Å². The van der Waals surface area contributed by atoms with E-state index in [0.29, 0.717) is 6.07 Å². The molecular weight excluding hydrogens is 207 g/mol. The van der Waals surface area contributed by atoms with Gasteiger partial charge in [-0.1, -0.05) is 0 Å². The lowest BCUT2D eigenvalue weighted by Crippen LogP contribution is -2.19. The van der Waals surface area contributed by atoms with Crippen LogP contribution in [0.1, 0.15) is 5.56 Å². The lowest BCUT2D eigenvalue weighted by atomic mass is 10.2. The standard InChI is InChI=1S/C8H5F5O/c1-4-5(9)2-3-6(10)7(4)14-8(11,12)13/h2-3H,1H3. The average molecular weight is 212 g/mol. The zero-order chi connectivity index (χ0) is 10.9. The number of hydrogen-bond acceptors (Lipinski definition) is 1. The third-order valence-corrected chi connectivity index (χ3v) is 1.51. The van der Waals surface area contributed by atoms with Gasteiger partial charge in [-0.05, 0) is 19.1 Å². The molecule has 0 heterocycles. The Bertz CT molecular complexity index is 344. The van der Waals surface area contributed by atoms with Crippen LogP contribution in [0.5, 0.6) is 5.75 Å². The molecule has 0 atom stereocenters. The summed E-state index contributed by atoms with van der Waals surface area (Å²) in [6, 6.07) is 1.30. The Morgan fingerprint density at radius 2 is 1.57 bits per heavy atom. The molecule has 1 aromatic carbocycles. The maximum absolute atomic E-state index is 12.8. The molecule has 1 nitrogen and oxygen atoms in total. The fourth-order valence-electron chi connectivity index (χ4n) is 0.876. The van der Waals surface area contributed by atoms with Gasteiger partial charge in [0.25, 0.3) is 0 Å². The van der Waals surface area contributed by atoms with E-state index < -0.39 is 29.3 Å². The molecule has 0 bridgehead atoms. The van der Waals surface area contributed by atoms with Gasteiger partial charge >= 0.3 is 6.36 Å². The zero-order valence-corrected chi connectivity index (χ0v) is 6.95. The van der Waals surface area contributed by atoms with Gasteiger partial charge in [0.05, 0.1) is 0 Å². The summed E-state index contributed by atoms with van der Waals surface area (Å²) >= 11 is 0. The van der Waals surface area contributed by atoms with Gasteiger partial charge in [0.1, 0.15) is 5.82 Å². The summed E-state index contributed by atoms with van der Waals surface area (Å²) in [5.41, 5.74) is -0.512. The average Bonchev–Trinajstić information content (AvgIpc) is 2.04. The molecule has 0 aliphatic carbocycles. The van der Waals surface area contributed by atoms with E-state index in [9.17, 15) is 22.0 Å². The molecule has 0 spiro atoms. The largest absolute Gasteiger partial charge is 0.573 e. The Labute approximate surface area is 76.1 Å². The molecule has 1 rings (SSSR count). The van der Waals surface area contributed by atoms with E-state index in [1.165, 1.54) is 0 Å². The molecule has 0 aliphatic rings. The number of alkyl halides is 3. The van der Waals surface area contributed by atoms with Crippen molar-refractivity contribution in [3.63, 3.8) is 0 Å². The fourth-order valence-corrected chi connectivity index (χ4v) is 0.876. The van der Waals surface area contributed by atoms with Gasteiger partial charge in [0, 0.05) is 5.56 Å². The van der Waals surface area contributed by atoms with Crippen molar-refractivity contribution in [1.82, 2.24) is 0 Å². The van der Waals surface area contributed by atoms with Gasteiger partial charge < -0.3 is 4.74 Å². The second-order valence-electron chi connectivity index (χ2n) is 2.53. The third kappa shape index (κ3) is 2.34. The van der Waals surface area contributed by atoms with Crippen molar-refractivity contribution in [1.29, 1.82) is 0 Å². The minimum atomic E-state index is -5.03. The maximum atomic E-state index is 12.8. The molecular formula is C8H5F5O. The number of ether oxygens (including phenoxy) is 1. The van der Waals surface area contributed by atoms with Crippen molar-refractivity contribution >= 4 is 0 Å². The van der Waals surface area contributed by atoms with Crippen molar-refractivity contribution < 1.29 is 26.7 Å². The quantitative estimate of drug-likeness (QED) is 0.649. The first-order valence-corrected chi connectivity index (χ1v) is 3.51. The Morgan fingerprint density at radius 1 is 1.07 bits per heavy atom. The van der Waals surface area contributed by atoms with Gasteiger partial charge in [-0.3, -0.25) is 0 Å². The van der Waals surface area contributed by atoms with Crippen LogP contribution in [0.3, 0.4) is 0 Å². The van der Waals surface area contributed by atoms with Gasteiger partial charge in [0.15, 0.2) is 11.6 Å². The van der Waals surface area contributed by atoms with Crippen LogP contribution in [0.4, 0.5) is 22.0 Å². The minimum Gasteiger partial charge on any atom is -0.402 e. The van der Waals surface area contributed by atoms with Crippen LogP contribution in [0.15, 0.2) is 12.1 Å². The molecule has 0 fully saturated rings. The minimum absolute atomic E-state index is 0.512. The van der Waals surface area contributed by atoms with Gasteiger partial charge in [0.2, 0.25) is 0 Å². The van der Waals surface area contributed by atoms with E-state index in [2.05, 4.69) is 4.74 Å². The number of rotatable bonds is 1. The maximum Gasteiger partial charge on any atom is 0.573 e. The summed E-state index contributed by atoms with van der Waals surface area (Å²) < 4.78 is 64.0. The van der Waals surface area contributed by atoms with Crippen LogP contribution in [0, 0.1) is 18.6 Å². The normalized spacial score (nSPS) is 11.6. The SMILES string of the molecule is Cc1c(F)ccc(F)c1OC(F)(F)F. The predicted molar refractivity (Wildman–Crippen MR) is 37.8 cm³/mol. The molecule has 6 heteroatoms. The number of hydrogen-bond donors (Lipinski definition) is 0. The van der Waals surface area contributed by atoms with Crippen LogP contribution in [0.2, 0.25) is 0 Å². The Hall–Kier alpha value is -1.33. The van der Waals surface area contributed by atoms with Crippen molar-refractivity contribution in [2.45, 2.75) is 13.3 Å². The summed E-state index contributed by atoms with van der Waals surface area (Å²) in [6.07, 6.45) is -5.03. The monoisotopic (exact) mass is 212 g/mol. The van der Waals surface area contributed by atoms with Gasteiger partial charge in [-0.15, -0.1) is 13.2 Å². The number of halogens is 5. The zero-order valence-electron chi connectivity index (χ0n) is 6.95. The molecule has 14 heavy (non-hydrogen) atoms. The summed E-state index contributed by atoms with van der Waals surface area (Å²) in [6.45, 7) is 0.999. The summed E-state index contributed by atoms with van der Waals surface area (Å²) in [7, 11) is 0. The van der Waals surface area contributed by atoms with Gasteiger partial charge in [-0.25, -0.2) is 8.78 Å². The molecule has 0 unspecified atom stereocenters. The highest BCUT2D eigenvalue weighted by molar-refractivity contribution is 5.35. The molecule has 78 valence electrons. The lowest BCUT2D eigenvalue weighted by Gasteiger charge is -2.12. The molecule has 0 saturated heterocycles. The van der Waals surface area contributed by atoms with Crippen LogP contribution in [-0.2, 0) is 0 Å². The first kappa shape index (κ1) is 10.7. The van der Waals surface area contributed by atoms with Crippen molar-refractivity contribution in [3.8, 4) is 5.75 Å². The first-order valence-electron chi connectivity index (χ1n) is 3.51. The molecule has 0 saturated carbocycles. The third-order valence-electron chi connectivity index (χ3n) is 1.51. The van der Waals surface area contributed by atoms with E-state index in [1.807, 2.05) is 0 Å². The second kappa shape index (κ2) is 3.43. The van der Waals surface area contributed by atoms with Crippen molar-refractivity contribution in [2.24, 2.45) is 0 Å². The number of benzene rings is 1. The lowest BCUT2D eigenvalue weighted by molar-refractivity contribution is -0.275. The Kier molecular flexibility index (Phi) is 2.64. The topological polar surface area (TPSA) is 9.23 Å². The first-order chi connectivity index (χ1) is 6.31. The molecule has 0 aromatic heterocycles. The highest BCUT2D eigenvalue weighted by atomic mass is 19.4. The predicted octanol–water partition coefficient (Wildman–Crippen LogP) is 3.17. The Balaban J connectivity index is 3.13. The highest BCUT2D eigenvalue weighted by Gasteiger charge is 2.33. The second-order valence-corrected chi connectivity index (χ2v) is 2.53. The van der Waals surface area contributed by atoms with E-state index in [1.54, 1.807) is 0 Å². The smallest absolute Gasteiger partial charge is 0.402 e. The van der Waals surface area contributed by atoms with E-state index in [0.717, 1.165) is 13.0 Å². The summed E-state index contributed by atoms with van der Waals surface area (Å²) in [5, 5.41) is 0. The molecule has 0 amide bonds. The van der Waals surface area contributed by atoms with Crippen LogP contribution in [0.25, 0.3) is 0 Å². The Morgan fingerprint density at radius 3 is 2.07 bits per heavy atom. The molecule has 0 N–H and O–H groups in total. The molecule has 1 aromatic rings. The molecule has 0 radical (unpaired) electrons. The van der Waals surface area contributed by atoms with E-state index in [-0.39, 0.29) is 0 Å². The van der Waals surface area contributed by atoms with Crippen molar-refractivity contribution in [2.75, 3.05) is 0 Å².